The van der Waals surface area contributed by atoms with Gasteiger partial charge in [-0.25, -0.2) is 0 Å². The van der Waals surface area contributed by atoms with Gasteiger partial charge in [-0.3, -0.25) is 9.59 Å². The van der Waals surface area contributed by atoms with E-state index >= 15 is 0 Å². The quantitative estimate of drug-likeness (QED) is 0.0320. The molecule has 0 saturated carbocycles. The Morgan fingerprint density at radius 1 is 0.310 bits per heavy atom. The maximum absolute atomic E-state index is 12.6. The summed E-state index contributed by atoms with van der Waals surface area (Å²) < 4.78 is 5.49. The van der Waals surface area contributed by atoms with Crippen LogP contribution in [0.4, 0.5) is 0 Å². The molecule has 0 aromatic rings. The van der Waals surface area contributed by atoms with Crippen molar-refractivity contribution in [3.05, 3.63) is 24.3 Å². The fraction of sp³-hybridized carbons (Fsp3) is 0.926. The highest BCUT2D eigenvalue weighted by atomic mass is 16.5. The molecule has 0 aromatic heterocycles. The summed E-state index contributed by atoms with van der Waals surface area (Å²) >= 11 is 0. The highest BCUT2D eigenvalue weighted by Gasteiger charge is 2.18. The van der Waals surface area contributed by atoms with Gasteiger partial charge >= 0.3 is 5.97 Å². The number of carbonyl (C=O) groups is 2. The first-order chi connectivity index (χ1) is 43.0. The van der Waals surface area contributed by atoms with Gasteiger partial charge in [0.1, 0.15) is 0 Å². The summed E-state index contributed by atoms with van der Waals surface area (Å²) in [5, 5.41) is 23.3. The highest BCUT2D eigenvalue weighted by Crippen LogP contribution is 2.20. The van der Waals surface area contributed by atoms with Crippen LogP contribution in [0.3, 0.4) is 0 Å². The molecular weight excluding hydrogens is 1070 g/mol. The van der Waals surface area contributed by atoms with E-state index in [2.05, 4.69) is 31.3 Å². The van der Waals surface area contributed by atoms with Gasteiger partial charge in [0.05, 0.1) is 25.4 Å². The lowest BCUT2D eigenvalue weighted by molar-refractivity contribution is -0.143. The van der Waals surface area contributed by atoms with Crippen molar-refractivity contribution in [1.29, 1.82) is 0 Å². The van der Waals surface area contributed by atoms with Crippen molar-refractivity contribution in [3.63, 3.8) is 0 Å². The smallest absolute Gasteiger partial charge is 0.305 e. The monoisotopic (exact) mass is 1220 g/mol. The molecule has 0 aliphatic carbocycles. The van der Waals surface area contributed by atoms with Crippen molar-refractivity contribution in [3.8, 4) is 0 Å². The summed E-state index contributed by atoms with van der Waals surface area (Å²) in [6, 6.07) is -0.626. The standard InChI is InChI=1S/C81H157NO5/c1-3-5-7-9-11-13-15-17-18-19-20-21-35-38-41-44-47-50-53-57-61-65-69-73-79(84)78(77-83)82-80(85)74-70-66-62-58-54-51-48-45-42-39-36-33-31-29-27-25-23-22-24-26-28-30-32-34-37-40-43-46-49-52-56-60-64-68-72-76-87-81(86)75-71-67-63-59-55-16-14-12-10-8-6-4-2/h24,26,69,73,78-79,83-84H,3-23,25,27-68,70-72,74-77H2,1-2H3,(H,82,85)/b26-24-,73-69+. The van der Waals surface area contributed by atoms with Gasteiger partial charge in [-0.15, -0.1) is 0 Å². The molecule has 0 saturated heterocycles. The van der Waals surface area contributed by atoms with E-state index in [1.165, 1.54) is 392 Å². The number of rotatable bonds is 76. The number of hydrogen-bond donors (Lipinski definition) is 3. The summed E-state index contributed by atoms with van der Waals surface area (Å²) in [4.78, 5) is 24.6. The molecule has 0 bridgehead atoms. The molecule has 6 nitrogen and oxygen atoms in total. The summed E-state index contributed by atoms with van der Waals surface area (Å²) in [5.74, 6) is -0.0375. The third-order valence-corrected chi connectivity index (χ3v) is 19.0. The lowest BCUT2D eigenvalue weighted by Crippen LogP contribution is -2.45. The molecule has 0 heterocycles. The largest absolute Gasteiger partial charge is 0.466 e. The first-order valence-electron chi connectivity index (χ1n) is 40.1. The first kappa shape index (κ1) is 85.3. The molecule has 516 valence electrons. The molecule has 87 heavy (non-hydrogen) atoms. The Balaban J connectivity index is 3.36. The molecule has 2 unspecified atom stereocenters. The molecule has 0 radical (unpaired) electrons. The van der Waals surface area contributed by atoms with E-state index in [9.17, 15) is 19.8 Å². The Morgan fingerprint density at radius 2 is 0.540 bits per heavy atom. The number of unbranched alkanes of at least 4 members (excludes halogenated alkanes) is 63. The van der Waals surface area contributed by atoms with Crippen LogP contribution in [0, 0.1) is 0 Å². The van der Waals surface area contributed by atoms with Crippen LogP contribution in [0.2, 0.25) is 0 Å². The minimum absolute atomic E-state index is 0.0216. The molecule has 0 fully saturated rings. The van der Waals surface area contributed by atoms with E-state index in [-0.39, 0.29) is 18.5 Å². The molecule has 2 atom stereocenters. The third kappa shape index (κ3) is 73.3. The number of aliphatic hydroxyl groups excluding tert-OH is 2. The average Bonchev–Trinajstić information content (AvgIpc) is 3.53. The highest BCUT2D eigenvalue weighted by molar-refractivity contribution is 5.76. The van der Waals surface area contributed by atoms with E-state index in [1.54, 1.807) is 6.08 Å². The van der Waals surface area contributed by atoms with Gasteiger partial charge in [0.15, 0.2) is 0 Å². The number of allylic oxidation sites excluding steroid dienone is 3. The molecule has 6 heteroatoms. The molecule has 0 rings (SSSR count). The van der Waals surface area contributed by atoms with E-state index in [4.69, 9.17) is 4.74 Å². The second-order valence-corrected chi connectivity index (χ2v) is 27.8. The molecule has 0 aliphatic heterocycles. The average molecular weight is 1230 g/mol. The molecule has 1 amide bonds. The van der Waals surface area contributed by atoms with Gasteiger partial charge in [-0.05, 0) is 57.8 Å². The van der Waals surface area contributed by atoms with E-state index in [1.807, 2.05) is 6.08 Å². The Kier molecular flexibility index (Phi) is 75.3. The van der Waals surface area contributed by atoms with Crippen LogP contribution in [0.5, 0.6) is 0 Å². The van der Waals surface area contributed by atoms with Crippen LogP contribution < -0.4 is 5.32 Å². The predicted molar refractivity (Wildman–Crippen MR) is 384 cm³/mol. The topological polar surface area (TPSA) is 95.9 Å². The minimum atomic E-state index is -0.843. The Hall–Kier alpha value is -1.66. The van der Waals surface area contributed by atoms with E-state index in [0.717, 1.165) is 38.5 Å². The van der Waals surface area contributed by atoms with Crippen LogP contribution in [-0.4, -0.2) is 47.4 Å². The lowest BCUT2D eigenvalue weighted by Gasteiger charge is -2.20. The van der Waals surface area contributed by atoms with Crippen molar-refractivity contribution in [2.75, 3.05) is 13.2 Å². The van der Waals surface area contributed by atoms with Gasteiger partial charge in [0, 0.05) is 12.8 Å². The zero-order chi connectivity index (χ0) is 62.8. The van der Waals surface area contributed by atoms with Gasteiger partial charge < -0.3 is 20.3 Å². The second-order valence-electron chi connectivity index (χ2n) is 27.8. The second kappa shape index (κ2) is 76.8. The molecular formula is C81H157NO5. The van der Waals surface area contributed by atoms with Crippen LogP contribution in [0.1, 0.15) is 457 Å². The summed E-state index contributed by atoms with van der Waals surface area (Å²) in [7, 11) is 0. The zero-order valence-corrected chi connectivity index (χ0v) is 59.3. The maximum Gasteiger partial charge on any atom is 0.305 e. The van der Waals surface area contributed by atoms with Gasteiger partial charge in [0.2, 0.25) is 5.91 Å². The number of aliphatic hydroxyl groups is 2. The molecule has 3 N–H and O–H groups in total. The molecule has 0 spiro atoms. The normalized spacial score (nSPS) is 12.6. The number of ether oxygens (including phenoxy) is 1. The number of nitrogens with one attached hydrogen (secondary N) is 1. The van der Waals surface area contributed by atoms with Crippen molar-refractivity contribution >= 4 is 11.9 Å². The number of amides is 1. The molecule has 0 aromatic carbocycles. The van der Waals surface area contributed by atoms with Crippen molar-refractivity contribution in [2.24, 2.45) is 0 Å². The third-order valence-electron chi connectivity index (χ3n) is 19.0. The Labute approximate surface area is 545 Å². The Bertz CT molecular complexity index is 1360. The first-order valence-corrected chi connectivity index (χ1v) is 40.1. The van der Waals surface area contributed by atoms with Crippen LogP contribution >= 0.6 is 0 Å². The summed E-state index contributed by atoms with van der Waals surface area (Å²) in [6.07, 6.45) is 98.8. The zero-order valence-electron chi connectivity index (χ0n) is 59.3. The van der Waals surface area contributed by atoms with Crippen LogP contribution in [-0.2, 0) is 14.3 Å². The van der Waals surface area contributed by atoms with E-state index in [0.29, 0.717) is 19.4 Å². The number of hydrogen-bond acceptors (Lipinski definition) is 5. The minimum Gasteiger partial charge on any atom is -0.466 e. The number of esters is 1. The fourth-order valence-electron chi connectivity index (χ4n) is 12.9. The maximum atomic E-state index is 12.6. The van der Waals surface area contributed by atoms with Crippen molar-refractivity contribution in [2.45, 2.75) is 469 Å². The van der Waals surface area contributed by atoms with Crippen LogP contribution in [0.25, 0.3) is 0 Å². The van der Waals surface area contributed by atoms with Gasteiger partial charge in [-0.2, -0.15) is 0 Å². The summed E-state index contributed by atoms with van der Waals surface area (Å²) in [6.45, 7) is 4.96. The van der Waals surface area contributed by atoms with Gasteiger partial charge in [0.25, 0.3) is 0 Å². The van der Waals surface area contributed by atoms with E-state index < -0.39 is 12.1 Å². The van der Waals surface area contributed by atoms with Gasteiger partial charge in [-0.1, -0.05) is 411 Å². The lowest BCUT2D eigenvalue weighted by atomic mass is 10.0. The SMILES string of the molecule is CCCCCCCCCCCCCCCCCCCCCCC/C=C/C(O)C(CO)NC(=O)CCCCCCCCCCCCCCCCCCC/C=C\CCCCCCCCCCCCCCCCOC(=O)CCCCCCCCCCCCCC. The molecule has 0 aliphatic rings. The van der Waals surface area contributed by atoms with Crippen molar-refractivity contribution < 1.29 is 24.5 Å². The summed E-state index contributed by atoms with van der Waals surface area (Å²) in [5.41, 5.74) is 0. The van der Waals surface area contributed by atoms with Crippen molar-refractivity contribution in [1.82, 2.24) is 5.32 Å². The Morgan fingerprint density at radius 3 is 0.816 bits per heavy atom. The van der Waals surface area contributed by atoms with Crippen LogP contribution in [0.15, 0.2) is 24.3 Å². The number of carbonyl (C=O) groups excluding carboxylic acids is 2. The predicted octanol–water partition coefficient (Wildman–Crippen LogP) is 26.4. The fourth-order valence-corrected chi connectivity index (χ4v) is 12.9.